The van der Waals surface area contributed by atoms with Crippen LogP contribution in [0, 0.1) is 6.92 Å². The average molecular weight is 737 g/mol. The molecule has 10 heteroatoms. The van der Waals surface area contributed by atoms with Gasteiger partial charge in [0.1, 0.15) is 11.5 Å². The van der Waals surface area contributed by atoms with Gasteiger partial charge in [-0.15, -0.1) is 0 Å². The molecule has 0 unspecified atom stereocenters. The van der Waals surface area contributed by atoms with Gasteiger partial charge in [-0.2, -0.15) is 0 Å². The molecule has 3 aromatic carbocycles. The van der Waals surface area contributed by atoms with Gasteiger partial charge in [0, 0.05) is 80.2 Å². The van der Waals surface area contributed by atoms with Crippen LogP contribution in [0.4, 0.5) is 34.1 Å². The van der Waals surface area contributed by atoms with Crippen LogP contribution in [0.15, 0.2) is 54.6 Å². The molecule has 3 aromatic rings. The van der Waals surface area contributed by atoms with Crippen LogP contribution < -0.4 is 20.4 Å². The molecule has 0 spiro atoms. The van der Waals surface area contributed by atoms with Gasteiger partial charge < -0.3 is 48.6 Å². The molecule has 0 aromatic heterocycles. The van der Waals surface area contributed by atoms with Gasteiger partial charge in [-0.1, -0.05) is 0 Å². The van der Waals surface area contributed by atoms with Gasteiger partial charge in [-0.05, 0) is 61.5 Å². The molecule has 0 heterocycles. The highest BCUT2D eigenvalue weighted by Gasteiger charge is 2.18. The van der Waals surface area contributed by atoms with E-state index < -0.39 is 0 Å². The molecule has 4 N–H and O–H groups in total. The van der Waals surface area contributed by atoms with E-state index in [4.69, 9.17) is 0 Å². The van der Waals surface area contributed by atoms with Crippen LogP contribution in [-0.4, -0.2) is 165 Å². The summed E-state index contributed by atoms with van der Waals surface area (Å²) in [5, 5.41) is 29.0. The summed E-state index contributed by atoms with van der Waals surface area (Å²) < 4.78 is 3.84. The van der Waals surface area contributed by atoms with Crippen molar-refractivity contribution in [1.29, 1.82) is 0 Å². The molecule has 10 nitrogen and oxygen atoms in total. The number of nitrogens with one attached hydrogen (secondary N) is 2. The summed E-state index contributed by atoms with van der Waals surface area (Å²) in [4.78, 5) is 5.00. The summed E-state index contributed by atoms with van der Waals surface area (Å²) >= 11 is 0. The van der Waals surface area contributed by atoms with Gasteiger partial charge in [-0.25, -0.2) is 0 Å². The van der Waals surface area contributed by atoms with E-state index in [-0.39, 0.29) is 11.5 Å². The molecule has 53 heavy (non-hydrogen) atoms. The van der Waals surface area contributed by atoms with Gasteiger partial charge in [0.2, 0.25) is 0 Å². The lowest BCUT2D eigenvalue weighted by molar-refractivity contribution is -0.870. The Hall–Kier alpha value is -3.70. The normalized spacial score (nSPS) is 12.5. The first kappa shape index (κ1) is 43.7. The molecule has 0 aliphatic carbocycles. The summed E-state index contributed by atoms with van der Waals surface area (Å²) in [5.74, 6) is 0.0706. The van der Waals surface area contributed by atoms with Crippen molar-refractivity contribution >= 4 is 34.1 Å². The molecule has 0 saturated heterocycles. The van der Waals surface area contributed by atoms with E-state index in [1.165, 1.54) is 11.4 Å². The molecule has 0 aliphatic rings. The molecule has 3 rings (SSSR count). The van der Waals surface area contributed by atoms with E-state index >= 15 is 0 Å². The van der Waals surface area contributed by atoms with Gasteiger partial charge in [0.25, 0.3) is 0 Å². The standard InChI is InChI=1S/C43H74N8O2/c1-35-42(52)40(44-36-18-22-38(23-19-36)46(26-14-30-48(2,3)4)27-15-31-49(5,6)7)34-41(43(35)53)45-37-20-24-39(25-21-37)47(28-16-32-50(8,9)10)29-17-33-51(11,12)13/h18-25,34,44-45H,14-17,26-33H2,1-13H3/q+2/p+2. The molecular formula is C43H76N8O2+4. The third-order valence-corrected chi connectivity index (χ3v) is 9.56. The second-order valence-electron chi connectivity index (χ2n) is 19.1. The highest BCUT2D eigenvalue weighted by molar-refractivity contribution is 5.80. The Kier molecular flexibility index (Phi) is 15.3. The maximum absolute atomic E-state index is 11.1. The number of rotatable bonds is 22. The van der Waals surface area contributed by atoms with Crippen LogP contribution in [0.5, 0.6) is 11.5 Å². The Balaban J connectivity index is 1.76. The zero-order valence-electron chi connectivity index (χ0n) is 35.8. The number of phenols is 2. The van der Waals surface area contributed by atoms with Crippen molar-refractivity contribution in [3.05, 3.63) is 60.2 Å². The lowest BCUT2D eigenvalue weighted by atomic mass is 10.1. The molecule has 0 amide bonds. The van der Waals surface area contributed by atoms with Gasteiger partial charge >= 0.3 is 0 Å². The van der Waals surface area contributed by atoms with Crippen LogP contribution in [-0.2, 0) is 0 Å². The number of nitrogens with zero attached hydrogens (tertiary/aromatic N) is 6. The Morgan fingerprint density at radius 1 is 0.453 bits per heavy atom. The molecular weight excluding hydrogens is 661 g/mol. The fraction of sp³-hybridized carbons (Fsp3) is 0.581. The second-order valence-corrected chi connectivity index (χ2v) is 19.1. The quantitative estimate of drug-likeness (QED) is 0.0512. The van der Waals surface area contributed by atoms with Crippen molar-refractivity contribution < 1.29 is 28.1 Å². The zero-order valence-corrected chi connectivity index (χ0v) is 35.8. The maximum atomic E-state index is 11.1. The number of quaternary nitrogens is 4. The number of hydrogen-bond donors (Lipinski definition) is 4. The first-order valence-electron chi connectivity index (χ1n) is 19.5. The largest absolute Gasteiger partial charge is 0.505 e. The van der Waals surface area contributed by atoms with Crippen LogP contribution in [0.25, 0.3) is 0 Å². The molecule has 0 bridgehead atoms. The Bertz CT molecular complexity index is 1390. The molecule has 0 saturated carbocycles. The third kappa shape index (κ3) is 16.1. The number of aromatic hydroxyl groups is 2. The number of anilines is 6. The van der Waals surface area contributed by atoms with E-state index in [1.54, 1.807) is 13.0 Å². The topological polar surface area (TPSA) is 71.0 Å². The van der Waals surface area contributed by atoms with E-state index in [0.29, 0.717) is 16.9 Å². The highest BCUT2D eigenvalue weighted by Crippen LogP contribution is 2.42. The first-order chi connectivity index (χ1) is 24.5. The van der Waals surface area contributed by atoms with Crippen molar-refractivity contribution in [2.45, 2.75) is 32.6 Å². The average Bonchev–Trinajstić information content (AvgIpc) is 3.03. The van der Waals surface area contributed by atoms with E-state index in [2.05, 4.69) is 154 Å². The molecule has 0 radical (unpaired) electrons. The van der Waals surface area contributed by atoms with Crippen LogP contribution >= 0.6 is 0 Å². The predicted octanol–water partition coefficient (Wildman–Crippen LogP) is 6.89. The summed E-state index contributed by atoms with van der Waals surface area (Å²) in [6, 6.07) is 18.7. The number of benzene rings is 3. The van der Waals surface area contributed by atoms with Gasteiger partial charge in [0.05, 0.1) is 122 Å². The summed E-state index contributed by atoms with van der Waals surface area (Å²) in [7, 11) is 27.0. The summed E-state index contributed by atoms with van der Waals surface area (Å²) in [6.07, 6.45) is 4.50. The lowest BCUT2D eigenvalue weighted by Gasteiger charge is -2.30. The van der Waals surface area contributed by atoms with E-state index in [1.807, 2.05) is 0 Å². The van der Waals surface area contributed by atoms with E-state index in [0.717, 1.165) is 107 Å². The van der Waals surface area contributed by atoms with Crippen LogP contribution in [0.2, 0.25) is 0 Å². The lowest BCUT2D eigenvalue weighted by Crippen LogP contribution is -2.39. The Morgan fingerprint density at radius 2 is 0.717 bits per heavy atom. The second kappa shape index (κ2) is 18.6. The molecule has 0 aliphatic heterocycles. The Morgan fingerprint density at radius 3 is 0.962 bits per heavy atom. The monoisotopic (exact) mass is 737 g/mol. The molecule has 0 fully saturated rings. The minimum Gasteiger partial charge on any atom is -0.505 e. The Labute approximate surface area is 323 Å². The van der Waals surface area contributed by atoms with Crippen molar-refractivity contribution in [2.75, 3.05) is 157 Å². The smallest absolute Gasteiger partial charge is 0.145 e. The SMILES string of the molecule is Cc1c(O)c(Nc2ccc(N(CCC[N+](C)(C)C)CCC[N+](C)(C)C)cc2)cc(Nc2ccc(N(CCC[N+](C)(C)C)CCC[N+](C)(C)C)cc2)c1O. The zero-order chi connectivity index (χ0) is 39.6. The number of hydrogen-bond acceptors (Lipinski definition) is 6. The number of phenolic OH excluding ortho intramolecular Hbond substituents is 2. The summed E-state index contributed by atoms with van der Waals surface area (Å²) in [5.41, 5.74) is 5.65. The fourth-order valence-corrected chi connectivity index (χ4v) is 6.49. The fourth-order valence-electron chi connectivity index (χ4n) is 6.49. The van der Waals surface area contributed by atoms with Crippen molar-refractivity contribution in [1.82, 2.24) is 0 Å². The minimum atomic E-state index is 0.0353. The van der Waals surface area contributed by atoms with Crippen molar-refractivity contribution in [3.8, 4) is 11.5 Å². The van der Waals surface area contributed by atoms with Crippen LogP contribution in [0.1, 0.15) is 31.2 Å². The van der Waals surface area contributed by atoms with Gasteiger partial charge in [-0.3, -0.25) is 0 Å². The third-order valence-electron chi connectivity index (χ3n) is 9.56. The minimum absolute atomic E-state index is 0.0353. The first-order valence-corrected chi connectivity index (χ1v) is 19.5. The molecule has 0 atom stereocenters. The van der Waals surface area contributed by atoms with Gasteiger partial charge in [0.15, 0.2) is 0 Å². The maximum Gasteiger partial charge on any atom is 0.145 e. The predicted molar refractivity (Wildman–Crippen MR) is 228 cm³/mol. The van der Waals surface area contributed by atoms with E-state index in [9.17, 15) is 10.2 Å². The highest BCUT2D eigenvalue weighted by atomic mass is 16.3. The van der Waals surface area contributed by atoms with Crippen molar-refractivity contribution in [2.24, 2.45) is 0 Å². The molecule has 296 valence electrons. The van der Waals surface area contributed by atoms with Crippen LogP contribution in [0.3, 0.4) is 0 Å². The summed E-state index contributed by atoms with van der Waals surface area (Å²) in [6.45, 7) is 10.3. The van der Waals surface area contributed by atoms with Crippen molar-refractivity contribution in [3.63, 3.8) is 0 Å².